The Bertz CT molecular complexity index is 806. The molecule has 6 heteroatoms. The predicted octanol–water partition coefficient (Wildman–Crippen LogP) is 2.35. The van der Waals surface area contributed by atoms with E-state index in [0.717, 1.165) is 34.8 Å². The van der Waals surface area contributed by atoms with Gasteiger partial charge >= 0.3 is 11.7 Å². The minimum atomic E-state index is -0.646. The van der Waals surface area contributed by atoms with Crippen molar-refractivity contribution < 1.29 is 4.79 Å². The summed E-state index contributed by atoms with van der Waals surface area (Å²) in [4.78, 5) is 36.9. The lowest BCUT2D eigenvalue weighted by molar-refractivity contribution is 0.241. The van der Waals surface area contributed by atoms with E-state index in [9.17, 15) is 14.4 Å². The van der Waals surface area contributed by atoms with E-state index in [1.165, 1.54) is 13.1 Å². The van der Waals surface area contributed by atoms with Crippen molar-refractivity contribution in [2.24, 2.45) is 7.05 Å². The Labute approximate surface area is 140 Å². The minimum Gasteiger partial charge on any atom is -0.337 e. The molecule has 0 radical (unpaired) electrons. The zero-order valence-electron chi connectivity index (χ0n) is 14.1. The largest absolute Gasteiger partial charge is 0.339 e. The molecule has 0 saturated heterocycles. The molecule has 1 aromatic carbocycles. The van der Waals surface area contributed by atoms with Crippen molar-refractivity contribution in [1.29, 1.82) is 0 Å². The number of hydrogen-bond acceptors (Lipinski definition) is 3. The van der Waals surface area contributed by atoms with Crippen molar-refractivity contribution in [1.82, 2.24) is 14.5 Å². The van der Waals surface area contributed by atoms with Crippen LogP contribution in [0.3, 0.4) is 0 Å². The monoisotopic (exact) mass is 329 g/mol. The predicted molar refractivity (Wildman–Crippen MR) is 94.3 cm³/mol. The van der Waals surface area contributed by atoms with Gasteiger partial charge in [0.2, 0.25) is 0 Å². The highest BCUT2D eigenvalue weighted by molar-refractivity contribution is 5.81. The highest BCUT2D eigenvalue weighted by atomic mass is 16.2. The number of nitrogens with zero attached hydrogens (tertiary/aromatic N) is 2. The second kappa shape index (κ2) is 8.29. The van der Waals surface area contributed by atoms with Crippen molar-refractivity contribution in [3.63, 3.8) is 0 Å². The molecule has 0 spiro atoms. The molecule has 2 rings (SSSR count). The van der Waals surface area contributed by atoms with E-state index in [-0.39, 0.29) is 0 Å². The Morgan fingerprint density at radius 1 is 1.08 bits per heavy atom. The van der Waals surface area contributed by atoms with Crippen molar-refractivity contribution in [3.05, 3.63) is 57.2 Å². The van der Waals surface area contributed by atoms with Crippen LogP contribution in [0.4, 0.5) is 4.79 Å². The van der Waals surface area contributed by atoms with Crippen molar-refractivity contribution in [3.8, 4) is 11.3 Å². The van der Waals surface area contributed by atoms with E-state index in [1.54, 1.807) is 24.3 Å². The van der Waals surface area contributed by atoms with Gasteiger partial charge in [0, 0.05) is 19.7 Å². The van der Waals surface area contributed by atoms with Gasteiger partial charge in [0.1, 0.15) is 0 Å². The second-order valence-corrected chi connectivity index (χ2v) is 5.70. The standard InChI is InChI=1S/C18H23N3O3/c1-3-4-5-9-12-19-17(23)21-15(14-10-7-6-8-11-14)13-16(22)20(2)18(21)24/h6-8,10-11,13H,3-5,9,12H2,1-2H3,(H,19,23). The molecule has 1 amide bonds. The van der Waals surface area contributed by atoms with Crippen molar-refractivity contribution in [2.45, 2.75) is 32.6 Å². The normalized spacial score (nSPS) is 10.6. The number of carbonyl (C=O) groups excluding carboxylic acids is 1. The van der Waals surface area contributed by atoms with E-state index in [0.29, 0.717) is 17.8 Å². The van der Waals surface area contributed by atoms with Crippen LogP contribution in [0.15, 0.2) is 46.0 Å². The van der Waals surface area contributed by atoms with E-state index in [1.807, 2.05) is 6.07 Å². The fraction of sp³-hybridized carbons (Fsp3) is 0.389. The Morgan fingerprint density at radius 2 is 1.79 bits per heavy atom. The van der Waals surface area contributed by atoms with Gasteiger partial charge in [-0.25, -0.2) is 14.2 Å². The molecule has 2 aromatic rings. The summed E-state index contributed by atoms with van der Waals surface area (Å²) in [6, 6.07) is 9.76. The topological polar surface area (TPSA) is 73.1 Å². The molecule has 1 aromatic heterocycles. The summed E-state index contributed by atoms with van der Waals surface area (Å²) in [7, 11) is 1.37. The third-order valence-corrected chi connectivity index (χ3v) is 3.89. The first kappa shape index (κ1) is 17.7. The molecule has 0 aliphatic rings. The van der Waals surface area contributed by atoms with Crippen LogP contribution in [0.5, 0.6) is 0 Å². The molecule has 0 unspecified atom stereocenters. The Hall–Kier alpha value is -2.63. The summed E-state index contributed by atoms with van der Waals surface area (Å²) in [6.07, 6.45) is 4.13. The number of benzene rings is 1. The molecule has 0 atom stereocenters. The second-order valence-electron chi connectivity index (χ2n) is 5.70. The van der Waals surface area contributed by atoms with Gasteiger partial charge in [0.15, 0.2) is 0 Å². The average Bonchev–Trinajstić information content (AvgIpc) is 2.59. The molecular formula is C18H23N3O3. The van der Waals surface area contributed by atoms with Crippen LogP contribution >= 0.6 is 0 Å². The van der Waals surface area contributed by atoms with Crippen LogP contribution in [-0.4, -0.2) is 21.7 Å². The van der Waals surface area contributed by atoms with Crippen LogP contribution in [-0.2, 0) is 7.05 Å². The molecule has 24 heavy (non-hydrogen) atoms. The third kappa shape index (κ3) is 4.01. The number of rotatable bonds is 6. The molecule has 1 N–H and O–H groups in total. The first-order valence-corrected chi connectivity index (χ1v) is 8.23. The molecule has 1 heterocycles. The van der Waals surface area contributed by atoms with Gasteiger partial charge in [-0.3, -0.25) is 9.36 Å². The maximum Gasteiger partial charge on any atom is 0.339 e. The summed E-state index contributed by atoms with van der Waals surface area (Å²) in [5.74, 6) is 0. The smallest absolute Gasteiger partial charge is 0.337 e. The highest BCUT2D eigenvalue weighted by Crippen LogP contribution is 2.15. The van der Waals surface area contributed by atoms with Gasteiger partial charge in [-0.2, -0.15) is 0 Å². The lowest BCUT2D eigenvalue weighted by Gasteiger charge is -2.13. The SMILES string of the molecule is CCCCCCNC(=O)n1c(-c2ccccc2)cc(=O)n(C)c1=O. The summed E-state index contributed by atoms with van der Waals surface area (Å²) >= 11 is 0. The number of carbonyl (C=O) groups is 1. The van der Waals surface area contributed by atoms with Gasteiger partial charge in [0.25, 0.3) is 5.56 Å². The number of aromatic nitrogens is 2. The quantitative estimate of drug-likeness (QED) is 0.827. The number of unbranched alkanes of at least 4 members (excludes halogenated alkanes) is 3. The Morgan fingerprint density at radius 3 is 2.46 bits per heavy atom. The molecule has 0 aliphatic carbocycles. The summed E-state index contributed by atoms with van der Waals surface area (Å²) < 4.78 is 1.96. The summed E-state index contributed by atoms with van der Waals surface area (Å²) in [5.41, 5.74) is -0.138. The van der Waals surface area contributed by atoms with Crippen molar-refractivity contribution >= 4 is 6.03 Å². The van der Waals surface area contributed by atoms with E-state index in [4.69, 9.17) is 0 Å². The molecule has 0 aliphatic heterocycles. The van der Waals surface area contributed by atoms with E-state index < -0.39 is 17.3 Å². The lowest BCUT2D eigenvalue weighted by Crippen LogP contribution is -2.45. The molecular weight excluding hydrogens is 306 g/mol. The van der Waals surface area contributed by atoms with Crippen LogP contribution in [0.2, 0.25) is 0 Å². The minimum absolute atomic E-state index is 0.301. The number of amides is 1. The van der Waals surface area contributed by atoms with Gasteiger partial charge in [0.05, 0.1) is 5.69 Å². The van der Waals surface area contributed by atoms with E-state index >= 15 is 0 Å². The summed E-state index contributed by atoms with van der Waals surface area (Å²) in [5, 5.41) is 2.76. The highest BCUT2D eigenvalue weighted by Gasteiger charge is 2.16. The van der Waals surface area contributed by atoms with Crippen LogP contribution in [0, 0.1) is 0 Å². The third-order valence-electron chi connectivity index (χ3n) is 3.89. The molecule has 0 bridgehead atoms. The maximum atomic E-state index is 12.5. The fourth-order valence-electron chi connectivity index (χ4n) is 2.47. The molecule has 0 fully saturated rings. The first-order chi connectivity index (χ1) is 11.6. The molecule has 128 valence electrons. The lowest BCUT2D eigenvalue weighted by atomic mass is 10.1. The molecule has 6 nitrogen and oxygen atoms in total. The maximum absolute atomic E-state index is 12.5. The van der Waals surface area contributed by atoms with Gasteiger partial charge < -0.3 is 5.32 Å². The zero-order valence-corrected chi connectivity index (χ0v) is 14.1. The van der Waals surface area contributed by atoms with Crippen LogP contribution in [0.1, 0.15) is 32.6 Å². The zero-order chi connectivity index (χ0) is 17.5. The molecule has 0 saturated carbocycles. The first-order valence-electron chi connectivity index (χ1n) is 8.23. The van der Waals surface area contributed by atoms with Gasteiger partial charge in [-0.05, 0) is 12.0 Å². The van der Waals surface area contributed by atoms with Crippen LogP contribution < -0.4 is 16.6 Å². The van der Waals surface area contributed by atoms with E-state index in [2.05, 4.69) is 12.2 Å². The average molecular weight is 329 g/mol. The number of nitrogens with one attached hydrogen (secondary N) is 1. The fourth-order valence-corrected chi connectivity index (χ4v) is 2.47. The number of hydrogen-bond donors (Lipinski definition) is 1. The van der Waals surface area contributed by atoms with Crippen molar-refractivity contribution in [2.75, 3.05) is 6.54 Å². The van der Waals surface area contributed by atoms with Gasteiger partial charge in [-0.1, -0.05) is 56.5 Å². The van der Waals surface area contributed by atoms with Crippen LogP contribution in [0.25, 0.3) is 11.3 Å². The Kier molecular flexibility index (Phi) is 6.12. The van der Waals surface area contributed by atoms with Gasteiger partial charge in [-0.15, -0.1) is 0 Å². The Balaban J connectivity index is 2.34. The summed E-state index contributed by atoms with van der Waals surface area (Å²) in [6.45, 7) is 2.62.